The van der Waals surface area contributed by atoms with Crippen molar-refractivity contribution >= 4 is 11.9 Å². The quantitative estimate of drug-likeness (QED) is 0.0245. The van der Waals surface area contributed by atoms with Gasteiger partial charge in [0.05, 0.1) is 25.2 Å². The summed E-state index contributed by atoms with van der Waals surface area (Å²) in [4.78, 5) is 26.1. The molecule has 3 atom stereocenters. The van der Waals surface area contributed by atoms with E-state index in [-0.39, 0.29) is 24.9 Å². The molecule has 3 unspecified atom stereocenters. The molecule has 6 heteroatoms. The summed E-state index contributed by atoms with van der Waals surface area (Å²) in [5.41, 5.74) is 0. The highest BCUT2D eigenvalue weighted by Gasteiger charge is 2.24. The van der Waals surface area contributed by atoms with Gasteiger partial charge in [-0.05, 0) is 70.6 Å². The van der Waals surface area contributed by atoms with E-state index in [1.54, 1.807) is 0 Å². The lowest BCUT2D eigenvalue weighted by molar-refractivity contribution is -0.151. The Hall–Kier alpha value is -2.96. The van der Waals surface area contributed by atoms with E-state index in [1.165, 1.54) is 89.9 Å². The fraction of sp³-hybridized carbons (Fsp3) is 0.719. The van der Waals surface area contributed by atoms with Crippen LogP contribution in [0.3, 0.4) is 0 Å². The number of allylic oxidation sites excluding steroid dienone is 14. The Bertz CT molecular complexity index is 1210. The molecule has 0 rings (SSSR count). The first-order valence-corrected chi connectivity index (χ1v) is 26.4. The second-order valence-electron chi connectivity index (χ2n) is 17.6. The smallest absolute Gasteiger partial charge is 0.306 e. The van der Waals surface area contributed by atoms with Gasteiger partial charge in [-0.25, -0.2) is 0 Å². The van der Waals surface area contributed by atoms with Crippen molar-refractivity contribution in [2.24, 2.45) is 0 Å². The SMILES string of the molecule is CC/C=C/C=C/C=C\C=C/C=C/CCCCCC(=O)OC(CCCCCCC/C=C/C/C=C/CC)CC(=O)NC(CO)C(O)CCCCCCCCCCCCCCCCCCC. The van der Waals surface area contributed by atoms with E-state index in [4.69, 9.17) is 4.74 Å². The van der Waals surface area contributed by atoms with Crippen LogP contribution in [0.15, 0.2) is 85.1 Å². The van der Waals surface area contributed by atoms with Gasteiger partial charge in [-0.3, -0.25) is 9.59 Å². The Morgan fingerprint density at radius 2 is 0.937 bits per heavy atom. The van der Waals surface area contributed by atoms with Crippen LogP contribution in [0.1, 0.15) is 239 Å². The maximum atomic E-state index is 13.2. The topological polar surface area (TPSA) is 95.9 Å². The molecule has 0 aliphatic carbocycles. The molecule has 0 radical (unpaired) electrons. The Morgan fingerprint density at radius 1 is 0.492 bits per heavy atom. The summed E-state index contributed by atoms with van der Waals surface area (Å²) < 4.78 is 5.91. The van der Waals surface area contributed by atoms with Crippen LogP contribution in [0.4, 0.5) is 0 Å². The predicted molar refractivity (Wildman–Crippen MR) is 273 cm³/mol. The molecule has 3 N–H and O–H groups in total. The average Bonchev–Trinajstić information content (AvgIpc) is 3.28. The van der Waals surface area contributed by atoms with Crippen molar-refractivity contribution in [1.82, 2.24) is 5.32 Å². The van der Waals surface area contributed by atoms with Gasteiger partial charge in [0.25, 0.3) is 0 Å². The lowest BCUT2D eigenvalue weighted by Crippen LogP contribution is -2.46. The lowest BCUT2D eigenvalue weighted by atomic mass is 10.0. The summed E-state index contributed by atoms with van der Waals surface area (Å²) in [6.07, 6.45) is 65.0. The number of hydrogen-bond donors (Lipinski definition) is 3. The van der Waals surface area contributed by atoms with E-state index >= 15 is 0 Å². The van der Waals surface area contributed by atoms with Crippen LogP contribution in [-0.4, -0.2) is 46.9 Å². The van der Waals surface area contributed by atoms with Crippen molar-refractivity contribution in [3.8, 4) is 0 Å². The van der Waals surface area contributed by atoms with Gasteiger partial charge in [0.1, 0.15) is 6.10 Å². The van der Waals surface area contributed by atoms with Crippen molar-refractivity contribution < 1.29 is 24.5 Å². The van der Waals surface area contributed by atoms with Gasteiger partial charge in [-0.1, -0.05) is 241 Å². The van der Waals surface area contributed by atoms with E-state index in [0.29, 0.717) is 19.3 Å². The van der Waals surface area contributed by atoms with Gasteiger partial charge in [0.15, 0.2) is 0 Å². The number of aliphatic hydroxyl groups excluding tert-OH is 2. The molecular formula is C57H99NO5. The Balaban J connectivity index is 4.59. The third-order valence-electron chi connectivity index (χ3n) is 11.6. The highest BCUT2D eigenvalue weighted by molar-refractivity contribution is 5.77. The summed E-state index contributed by atoms with van der Waals surface area (Å²) in [7, 11) is 0. The van der Waals surface area contributed by atoms with Crippen LogP contribution < -0.4 is 5.32 Å². The molecule has 0 bridgehead atoms. The van der Waals surface area contributed by atoms with Crippen LogP contribution in [0.25, 0.3) is 0 Å². The minimum Gasteiger partial charge on any atom is -0.462 e. The summed E-state index contributed by atoms with van der Waals surface area (Å²) in [6.45, 7) is 6.23. The van der Waals surface area contributed by atoms with Crippen LogP contribution in [0.2, 0.25) is 0 Å². The van der Waals surface area contributed by atoms with Crippen LogP contribution in [0, 0.1) is 0 Å². The zero-order valence-corrected chi connectivity index (χ0v) is 41.2. The van der Waals surface area contributed by atoms with Gasteiger partial charge < -0.3 is 20.3 Å². The molecule has 6 nitrogen and oxygen atoms in total. The Morgan fingerprint density at radius 3 is 1.48 bits per heavy atom. The highest BCUT2D eigenvalue weighted by atomic mass is 16.5. The zero-order chi connectivity index (χ0) is 45.9. The molecule has 0 aliphatic heterocycles. The second-order valence-corrected chi connectivity index (χ2v) is 17.6. The van der Waals surface area contributed by atoms with Gasteiger partial charge in [0, 0.05) is 6.42 Å². The first-order chi connectivity index (χ1) is 31.0. The average molecular weight is 878 g/mol. The molecule has 0 fully saturated rings. The number of unbranched alkanes of at least 4 members (excludes halogenated alkanes) is 24. The van der Waals surface area contributed by atoms with Crippen LogP contribution in [0.5, 0.6) is 0 Å². The number of rotatable bonds is 46. The van der Waals surface area contributed by atoms with Crippen LogP contribution in [-0.2, 0) is 14.3 Å². The van der Waals surface area contributed by atoms with E-state index in [0.717, 1.165) is 103 Å². The fourth-order valence-corrected chi connectivity index (χ4v) is 7.67. The number of carbonyl (C=O) groups excluding carboxylic acids is 2. The zero-order valence-electron chi connectivity index (χ0n) is 41.2. The summed E-state index contributed by atoms with van der Waals surface area (Å²) in [5.74, 6) is -0.541. The second kappa shape index (κ2) is 50.0. The molecule has 0 heterocycles. The minimum atomic E-state index is -0.804. The molecule has 0 aromatic rings. The molecule has 0 aliphatic rings. The minimum absolute atomic E-state index is 0.0467. The van der Waals surface area contributed by atoms with Gasteiger partial charge in [-0.15, -0.1) is 0 Å². The summed E-state index contributed by atoms with van der Waals surface area (Å²) >= 11 is 0. The monoisotopic (exact) mass is 878 g/mol. The first kappa shape index (κ1) is 60.0. The van der Waals surface area contributed by atoms with Crippen molar-refractivity contribution in [2.45, 2.75) is 257 Å². The number of nitrogens with one attached hydrogen (secondary N) is 1. The normalized spacial score (nSPS) is 13.9. The maximum absolute atomic E-state index is 13.2. The van der Waals surface area contributed by atoms with Gasteiger partial charge >= 0.3 is 5.97 Å². The number of hydrogen-bond acceptors (Lipinski definition) is 5. The molecule has 362 valence electrons. The predicted octanol–water partition coefficient (Wildman–Crippen LogP) is 16.0. The summed E-state index contributed by atoms with van der Waals surface area (Å²) in [5, 5.41) is 23.8. The molecule has 0 saturated heterocycles. The van der Waals surface area contributed by atoms with E-state index in [2.05, 4.69) is 68.6 Å². The molecule has 1 amide bonds. The van der Waals surface area contributed by atoms with Crippen LogP contribution >= 0.6 is 0 Å². The molecular weight excluding hydrogens is 779 g/mol. The lowest BCUT2D eigenvalue weighted by Gasteiger charge is -2.24. The number of ether oxygens (including phenoxy) is 1. The highest BCUT2D eigenvalue weighted by Crippen LogP contribution is 2.18. The molecule has 0 spiro atoms. The number of amides is 1. The van der Waals surface area contributed by atoms with E-state index in [1.807, 2.05) is 42.5 Å². The van der Waals surface area contributed by atoms with Crippen molar-refractivity contribution in [1.29, 1.82) is 0 Å². The van der Waals surface area contributed by atoms with E-state index < -0.39 is 18.2 Å². The van der Waals surface area contributed by atoms with Gasteiger partial charge in [0.2, 0.25) is 5.91 Å². The van der Waals surface area contributed by atoms with Gasteiger partial charge in [-0.2, -0.15) is 0 Å². The summed E-state index contributed by atoms with van der Waals surface area (Å²) in [6, 6.07) is -0.720. The van der Waals surface area contributed by atoms with E-state index in [9.17, 15) is 19.8 Å². The largest absolute Gasteiger partial charge is 0.462 e. The van der Waals surface area contributed by atoms with Crippen molar-refractivity contribution in [3.63, 3.8) is 0 Å². The number of carbonyl (C=O) groups is 2. The maximum Gasteiger partial charge on any atom is 0.306 e. The third kappa shape index (κ3) is 45.4. The number of aliphatic hydroxyl groups is 2. The third-order valence-corrected chi connectivity index (χ3v) is 11.6. The first-order valence-electron chi connectivity index (χ1n) is 26.4. The fourth-order valence-electron chi connectivity index (χ4n) is 7.67. The molecule has 0 saturated carbocycles. The van der Waals surface area contributed by atoms with Crippen molar-refractivity contribution in [2.75, 3.05) is 6.61 Å². The Labute approximate surface area is 389 Å². The molecule has 0 aromatic heterocycles. The molecule has 0 aromatic carbocycles. The molecule has 63 heavy (non-hydrogen) atoms. The van der Waals surface area contributed by atoms with Crippen molar-refractivity contribution in [3.05, 3.63) is 85.1 Å². The Kier molecular flexibility index (Phi) is 47.7. The standard InChI is InChI=1S/C57H99NO5/c1-4-7-10-13-16-19-22-25-27-28-30-31-34-37-40-43-46-49-55(60)54(52-59)58-56(61)51-53(48-45-42-39-36-33-24-21-18-15-12-9-6-3)63-57(62)50-47-44-41-38-35-32-29-26-23-20-17-14-11-8-5-2/h8-9,11-12,14,17-18,20-21,23,26,29,32,35,53-55,59-60H,4-7,10,13,15-16,19,22,24-25,27-28,30-31,33-34,36-52H2,1-3H3,(H,58,61)/b11-8+,12-9+,17-14+,21-18+,23-20-,29-26-,35-32+. The number of esters is 1.